The summed E-state index contributed by atoms with van der Waals surface area (Å²) in [5.74, 6) is 0.174. The first kappa shape index (κ1) is 107. The van der Waals surface area contributed by atoms with Crippen LogP contribution < -0.4 is 86.8 Å². The normalized spacial score (nSPS) is 28.8. The van der Waals surface area contributed by atoms with E-state index in [0.29, 0.717) is 22.4 Å². The lowest BCUT2D eigenvalue weighted by Crippen LogP contribution is -2.42. The number of pyridine rings is 1. The smallest absolute Gasteiger partial charge is 0.280 e. The van der Waals surface area contributed by atoms with Crippen LogP contribution in [0.3, 0.4) is 0 Å². The molecule has 700 valence electrons. The second-order valence-electron chi connectivity index (χ2n) is 24.1. The third kappa shape index (κ3) is 33.4. The molecule has 4 fully saturated rings. The number of amides is 1. The predicted octanol–water partition coefficient (Wildman–Crippen LogP) is -6.56. The Morgan fingerprint density at radius 1 is 0.488 bits per heavy atom. The lowest BCUT2D eigenvalue weighted by molar-refractivity contribution is -0.254. The summed E-state index contributed by atoms with van der Waals surface area (Å²) < 4.78 is 225. The Balaban J connectivity index is 0.000000253. The molecule has 123 heavy (non-hydrogen) atoms. The van der Waals surface area contributed by atoms with E-state index in [1.165, 1.54) is 73.9 Å². The molecule has 0 spiro atoms. The molecule has 12 N–H and O–H groups in total. The van der Waals surface area contributed by atoms with Crippen LogP contribution in [0.5, 0.6) is 0 Å². The highest BCUT2D eigenvalue weighted by molar-refractivity contribution is 7.67. The van der Waals surface area contributed by atoms with Gasteiger partial charge in [0.05, 0.1) is 69.2 Å². The molecule has 0 saturated carbocycles. The summed E-state index contributed by atoms with van der Waals surface area (Å²) in [5, 5.41) is 2.51. The van der Waals surface area contributed by atoms with Crippen LogP contribution in [0, 0.1) is 0 Å². The zero-order chi connectivity index (χ0) is 91.9. The maximum atomic E-state index is 11.9. The van der Waals surface area contributed by atoms with Gasteiger partial charge in [0.25, 0.3) is 105 Å². The van der Waals surface area contributed by atoms with Crippen LogP contribution in [-0.4, -0.2) is 191 Å². The fourth-order valence-corrected chi connectivity index (χ4v) is 22.4. The number of aromatic nitrogens is 7. The van der Waals surface area contributed by atoms with Crippen LogP contribution in [0.25, 0.3) is 22.3 Å². The van der Waals surface area contributed by atoms with Crippen molar-refractivity contribution in [3.8, 4) is 0 Å². The summed E-state index contributed by atoms with van der Waals surface area (Å²) in [6, 6.07) is 1.57. The number of nitrogens with two attached hydrogens (primary N) is 3. The number of carbonyl (C=O) groups is 1. The Hall–Kier alpha value is -4.61. The zero-order valence-corrected chi connectivity index (χ0v) is 72.5. The maximum Gasteiger partial charge on any atom is 0.280 e. The summed E-state index contributed by atoms with van der Waals surface area (Å²) in [5.41, 5.74) is 18.0. The van der Waals surface area contributed by atoms with Crippen molar-refractivity contribution in [3.05, 3.63) is 84.1 Å². The van der Waals surface area contributed by atoms with Gasteiger partial charge in [0, 0.05) is 78.3 Å². The second kappa shape index (κ2) is 42.5. The van der Waals surface area contributed by atoms with Crippen molar-refractivity contribution in [2.45, 2.75) is 114 Å². The summed E-state index contributed by atoms with van der Waals surface area (Å²) >= 11 is 0. The minimum Gasteiger partial charge on any atom is -0.756 e. The number of anilines is 2. The summed E-state index contributed by atoms with van der Waals surface area (Å²) in [7, 11) is -64.5. The van der Waals surface area contributed by atoms with Crippen molar-refractivity contribution in [3.63, 3.8) is 0 Å². The van der Waals surface area contributed by atoms with Crippen LogP contribution >= 0.6 is 93.9 Å². The molecule has 10 rings (SSSR count). The molecule has 0 aliphatic carbocycles. The van der Waals surface area contributed by atoms with Crippen LogP contribution in [-0.2, 0) is 150 Å². The molecule has 10 heterocycles. The van der Waals surface area contributed by atoms with Crippen molar-refractivity contribution in [2.24, 2.45) is 10.7 Å². The maximum absolute atomic E-state index is 11.9. The van der Waals surface area contributed by atoms with Gasteiger partial charge in [-0.25, -0.2) is 54.4 Å². The van der Waals surface area contributed by atoms with E-state index >= 15 is 0 Å². The molecule has 16 unspecified atom stereocenters. The second-order valence-corrected chi connectivity index (χ2v) is 41.3. The van der Waals surface area contributed by atoms with Gasteiger partial charge in [0.15, 0.2) is 16.8 Å². The quantitative estimate of drug-likeness (QED) is 0.0191. The van der Waals surface area contributed by atoms with Crippen molar-refractivity contribution in [1.82, 2.24) is 49.2 Å². The largest absolute Gasteiger partial charge is 0.756 e. The zero-order valence-electron chi connectivity index (χ0n) is 61.7. The highest BCUT2D eigenvalue weighted by atomic mass is 31.3. The first-order valence-electron chi connectivity index (χ1n) is 32.2. The molecule has 4 saturated heterocycles. The van der Waals surface area contributed by atoms with Crippen molar-refractivity contribution >= 4 is 140 Å². The third-order valence-corrected chi connectivity index (χ3v) is 30.3. The molecule has 6 aliphatic heterocycles. The molecule has 24 atom stereocenters. The molecule has 76 heteroatoms. The van der Waals surface area contributed by atoms with Gasteiger partial charge in [-0.05, 0) is 19.1 Å². The van der Waals surface area contributed by atoms with E-state index in [1.807, 2.05) is 0 Å². The average molecular weight is 2000 g/mol. The number of hydrogen-bond donors (Lipinski definition) is 9. The minimum absolute atomic E-state index is 0. The van der Waals surface area contributed by atoms with Gasteiger partial charge >= 0.3 is 0 Å². The number of phosphoric ester groups is 4. The van der Waals surface area contributed by atoms with Gasteiger partial charge in [-0.1, -0.05) is 20.6 Å². The molecule has 4 aromatic rings. The molecule has 0 aromatic carbocycles. The van der Waals surface area contributed by atoms with Crippen LogP contribution in [0.4, 0.5) is 11.6 Å². The SMILES string of the molecule is C.C=C1N=C(N)C=CN1[C@H]1CC(OC)[C@@H](COP(=O)([O-])OP(=O)([O-])OP(=O)([O-])O)O1.C=C1NC(=O)C(C)=CN1[C@H]1CC(OC)[C@@H](COP(=O)([O-])OP(=O)([O-])OP(=O)([O-])O)O1.COC1C[C@H](n2cnc3c(=O)[nH]c(N)nc32)O[C@@H]1COP(=O)([O-])OP(=O)([O-])OP(=O)([O-])O.COC1C[C@H](n2cnc3c(N)ccnc32)O[C@@H]1COP(=O)([O-])OP(=O)([O-])OP(=O)([O-])O. The van der Waals surface area contributed by atoms with E-state index < -0.39 is 200 Å². The number of nitrogens with one attached hydrogen (secondary N) is 2. The van der Waals surface area contributed by atoms with Crippen LogP contribution in [0.1, 0.15) is 52.5 Å². The fourth-order valence-electron chi connectivity index (χ4n) is 10.8. The van der Waals surface area contributed by atoms with E-state index in [4.69, 9.17) is 74.7 Å². The number of carbonyl (C=O) groups excluding carboxylic acids is 1. The number of phosphoric acid groups is 12. The fraction of sp³-hybridized carbons (Fsp3) is 0.553. The number of H-pyrrole nitrogens is 1. The molecule has 64 nitrogen and oxygen atoms in total. The molecular weight excluding hydrogens is 1930 g/mol. The molecule has 4 aromatic heterocycles. The standard InChI is InChI=1S/C12H19N4O12P3.C12H21N2O13P3.C11H18N5O13P3.C11H20N3O12P3.CH4/c1-24-8-4-10(16-6-15-11-7(13)2-3-14-12(11)16)26-9(8)5-25-30(20,21)28-31(22,23)27-29(17,18)19;1-7-5-14(8(2)13-12(7)15)11-4-9(23-3)10(25-11)6-24-29(19,20)27-30(21,22)26-28(16,17)18;1-25-5-2-7(16-4-13-8-9(16)14-11(12)15-10(8)17)27-6(5)3-26-31(21,22)29-32(23,24)28-30(18,19)20;1-7-13-10(12)3-4-14(7)11-5-8(22-2)9(24-11)6-23-28(18,19)26-29(20,21)25-27(15,16)17;/h2-3,6,8-10H,4-5H2,1H3,(H2,13,14)(H,20,21)(H,22,23)(H2,17,18,19);5,9-11H,2,4,6H2,1,3H3,(H,13,15)(H,19,20)(H,21,22)(H2,16,17,18);4-7H,2-3H2,1H3,(H,21,22)(H,23,24)(H2,18,19,20)(H3,12,14,15,17);3-4,8-9,11H,1,5-6H2,2H3,(H2,12,13)(H,18,19)(H,20,21)(H2,15,16,17);1H4/p-12/t8?,9-,10-;9?,10-,11-;5?,6-,7-;8?,9-,11-;/m1111./s1. The highest BCUT2D eigenvalue weighted by Gasteiger charge is 2.45. The highest BCUT2D eigenvalue weighted by Crippen LogP contribution is 2.65. The number of aliphatic imine (C=N–C) groups is 1. The summed E-state index contributed by atoms with van der Waals surface area (Å²) in [6.07, 6.45) is -0.457. The number of aromatic amines is 1. The van der Waals surface area contributed by atoms with Gasteiger partial charge in [-0.3, -0.25) is 78.5 Å². The van der Waals surface area contributed by atoms with Crippen LogP contribution in [0.15, 0.2) is 83.6 Å². The van der Waals surface area contributed by atoms with Crippen molar-refractivity contribution < 1.29 is 228 Å². The summed E-state index contributed by atoms with van der Waals surface area (Å²) in [6.45, 7) is 5.90. The lowest BCUT2D eigenvalue weighted by Gasteiger charge is -2.33. The Bertz CT molecular complexity index is 5240. The van der Waals surface area contributed by atoms with Gasteiger partial charge < -0.3 is 167 Å². The van der Waals surface area contributed by atoms with E-state index in [1.54, 1.807) is 23.8 Å². The van der Waals surface area contributed by atoms with Gasteiger partial charge in [-0.15, -0.1) is 0 Å². The Morgan fingerprint density at radius 3 is 1.17 bits per heavy atom. The van der Waals surface area contributed by atoms with Crippen LogP contribution in [0.2, 0.25) is 0 Å². The summed E-state index contributed by atoms with van der Waals surface area (Å²) in [4.78, 5) is 216. The van der Waals surface area contributed by atoms with E-state index in [0.717, 1.165) is 0 Å². The topological polar surface area (TPSA) is 967 Å². The van der Waals surface area contributed by atoms with E-state index in [2.05, 4.69) is 101 Å². The number of hydrogen-bond acceptors (Lipinski definition) is 56. The van der Waals surface area contributed by atoms with Crippen molar-refractivity contribution in [2.75, 3.05) is 66.3 Å². The number of imidazole rings is 2. The minimum atomic E-state index is -6.02. The number of nitrogens with zero attached hydrogens (tertiary/aromatic N) is 9. The molecule has 0 radical (unpaired) electrons. The molecule has 1 amide bonds. The van der Waals surface area contributed by atoms with Gasteiger partial charge in [-0.2, -0.15) is 4.98 Å². The number of nitrogen functional groups attached to an aromatic ring is 2. The molecule has 0 bridgehead atoms. The monoisotopic (exact) mass is 2000 g/mol. The first-order valence-corrected chi connectivity index (χ1v) is 49.9. The first-order chi connectivity index (χ1) is 55.8. The molecule has 6 aliphatic rings. The number of amidine groups is 1. The number of ether oxygens (including phenoxy) is 8. The average Bonchev–Trinajstić information content (AvgIpc) is 1.64. The Labute approximate surface area is 689 Å². The number of methoxy groups -OCH3 is 4. The van der Waals surface area contributed by atoms with Crippen molar-refractivity contribution in [1.29, 1.82) is 0 Å². The van der Waals surface area contributed by atoms with E-state index in [9.17, 15) is 123 Å². The van der Waals surface area contributed by atoms with E-state index in [-0.39, 0.29) is 73.6 Å². The molecular formula is C47H70N14O50P12-12. The Morgan fingerprint density at radius 2 is 0.821 bits per heavy atom. The number of fused-ring (bicyclic) bond motifs is 2. The lowest BCUT2D eigenvalue weighted by atomic mass is 10.1. The Kier molecular flexibility index (Phi) is 37.0. The predicted molar refractivity (Wildman–Crippen MR) is 375 cm³/mol. The number of rotatable bonds is 36. The van der Waals surface area contributed by atoms with Gasteiger partial charge in [0.2, 0.25) is 5.95 Å². The third-order valence-electron chi connectivity index (χ3n) is 15.5. The van der Waals surface area contributed by atoms with Gasteiger partial charge in [0.1, 0.15) is 72.3 Å².